The van der Waals surface area contributed by atoms with Crippen LogP contribution >= 0.6 is 0 Å². The van der Waals surface area contributed by atoms with Crippen molar-refractivity contribution >= 4 is 41.0 Å². The molecule has 1 aliphatic heterocycles. The first-order valence-corrected chi connectivity index (χ1v) is 10.8. The molecule has 0 bridgehead atoms. The number of hydrogen-bond acceptors (Lipinski definition) is 5. The quantitative estimate of drug-likeness (QED) is 0.407. The molecule has 9 heteroatoms. The van der Waals surface area contributed by atoms with E-state index >= 15 is 0 Å². The number of hydrogen-bond donors (Lipinski definition) is 2. The van der Waals surface area contributed by atoms with Crippen LogP contribution in [-0.4, -0.2) is 46.0 Å². The first kappa shape index (κ1) is 23.4. The van der Waals surface area contributed by atoms with Crippen LogP contribution in [0.5, 0.6) is 0 Å². The van der Waals surface area contributed by atoms with E-state index in [0.717, 1.165) is 10.5 Å². The number of anilines is 2. The number of carbonyl (C=O) groups excluding carboxylic acids is 5. The lowest BCUT2D eigenvalue weighted by Crippen LogP contribution is -2.39. The van der Waals surface area contributed by atoms with E-state index < -0.39 is 36.2 Å². The van der Waals surface area contributed by atoms with Gasteiger partial charge in [-0.3, -0.25) is 24.1 Å². The molecule has 0 spiro atoms. The topological polar surface area (TPSA) is 116 Å². The molecule has 0 atom stereocenters. The number of imide groups is 2. The molecule has 1 saturated heterocycles. The van der Waals surface area contributed by atoms with Crippen LogP contribution in [0.3, 0.4) is 0 Å². The largest absolute Gasteiger partial charge is 0.335 e. The van der Waals surface area contributed by atoms with Crippen molar-refractivity contribution in [3.63, 3.8) is 0 Å². The highest BCUT2D eigenvalue weighted by molar-refractivity contribution is 6.45. The number of urea groups is 1. The zero-order chi connectivity index (χ0) is 24.9. The van der Waals surface area contributed by atoms with Gasteiger partial charge in [0.1, 0.15) is 6.54 Å². The van der Waals surface area contributed by atoms with Gasteiger partial charge >= 0.3 is 17.8 Å². The van der Waals surface area contributed by atoms with Crippen molar-refractivity contribution in [3.05, 3.63) is 95.6 Å². The van der Waals surface area contributed by atoms with E-state index in [4.69, 9.17) is 0 Å². The Morgan fingerprint density at radius 2 is 1.46 bits per heavy atom. The second kappa shape index (κ2) is 10.0. The van der Waals surface area contributed by atoms with Crippen molar-refractivity contribution in [2.45, 2.75) is 13.5 Å². The lowest BCUT2D eigenvalue weighted by molar-refractivity contribution is -0.143. The van der Waals surface area contributed by atoms with Crippen LogP contribution < -0.4 is 10.6 Å². The van der Waals surface area contributed by atoms with Crippen LogP contribution in [0.25, 0.3) is 0 Å². The lowest BCUT2D eigenvalue weighted by atomic mass is 10.1. The molecule has 1 aliphatic rings. The molecule has 35 heavy (non-hydrogen) atoms. The van der Waals surface area contributed by atoms with E-state index in [1.807, 2.05) is 25.1 Å². The number of benzene rings is 3. The number of rotatable bonds is 7. The Bertz CT molecular complexity index is 1320. The number of aryl methyl sites for hydroxylation is 1. The zero-order valence-electron chi connectivity index (χ0n) is 18.9. The standard InChI is InChI=1S/C26H22N4O5/c1-17-8-7-11-19(14-17)27-23(32)20-12-5-6-13-21(20)28-22(31)16-30-25(34)24(33)29(26(30)35)15-18-9-3-2-4-10-18/h2-14H,15-16H2,1H3,(H,27,32)(H,28,31). The van der Waals surface area contributed by atoms with Gasteiger partial charge in [0.25, 0.3) is 5.91 Å². The van der Waals surface area contributed by atoms with Gasteiger partial charge in [0, 0.05) is 5.69 Å². The van der Waals surface area contributed by atoms with Crippen molar-refractivity contribution in [2.75, 3.05) is 17.2 Å². The van der Waals surface area contributed by atoms with E-state index in [1.165, 1.54) is 12.1 Å². The van der Waals surface area contributed by atoms with E-state index in [0.29, 0.717) is 16.2 Å². The third kappa shape index (κ3) is 5.25. The summed E-state index contributed by atoms with van der Waals surface area (Å²) in [4.78, 5) is 64.3. The molecular formula is C26H22N4O5. The summed E-state index contributed by atoms with van der Waals surface area (Å²) < 4.78 is 0. The summed E-state index contributed by atoms with van der Waals surface area (Å²) in [6.45, 7) is 1.16. The van der Waals surface area contributed by atoms with Crippen molar-refractivity contribution in [3.8, 4) is 0 Å². The van der Waals surface area contributed by atoms with E-state index in [9.17, 15) is 24.0 Å². The van der Waals surface area contributed by atoms with Gasteiger partial charge in [-0.05, 0) is 42.3 Å². The highest BCUT2D eigenvalue weighted by Gasteiger charge is 2.45. The Balaban J connectivity index is 1.44. The minimum atomic E-state index is -1.08. The van der Waals surface area contributed by atoms with E-state index in [2.05, 4.69) is 10.6 Å². The fourth-order valence-corrected chi connectivity index (χ4v) is 3.64. The van der Waals surface area contributed by atoms with E-state index in [1.54, 1.807) is 48.5 Å². The molecular weight excluding hydrogens is 448 g/mol. The van der Waals surface area contributed by atoms with Gasteiger partial charge in [0.15, 0.2) is 0 Å². The molecule has 3 aromatic rings. The Labute approximate surface area is 201 Å². The van der Waals surface area contributed by atoms with Crippen LogP contribution in [0.2, 0.25) is 0 Å². The van der Waals surface area contributed by atoms with Crippen LogP contribution in [-0.2, 0) is 20.9 Å². The van der Waals surface area contributed by atoms with E-state index in [-0.39, 0.29) is 17.8 Å². The first-order valence-electron chi connectivity index (χ1n) is 10.8. The second-order valence-corrected chi connectivity index (χ2v) is 7.97. The molecule has 0 radical (unpaired) electrons. The summed E-state index contributed by atoms with van der Waals surface area (Å²) in [5, 5.41) is 5.33. The number of amides is 6. The monoisotopic (exact) mass is 470 g/mol. The summed E-state index contributed by atoms with van der Waals surface area (Å²) in [5.74, 6) is -3.24. The average molecular weight is 470 g/mol. The Hall–Kier alpha value is -4.79. The molecule has 6 amide bonds. The first-order chi connectivity index (χ1) is 16.8. The number of nitrogens with one attached hydrogen (secondary N) is 2. The zero-order valence-corrected chi connectivity index (χ0v) is 18.9. The molecule has 0 aliphatic carbocycles. The average Bonchev–Trinajstić information content (AvgIpc) is 3.03. The number of carbonyl (C=O) groups is 5. The van der Waals surface area contributed by atoms with Gasteiger partial charge in [-0.15, -0.1) is 0 Å². The second-order valence-electron chi connectivity index (χ2n) is 7.97. The summed E-state index contributed by atoms with van der Waals surface area (Å²) in [6.07, 6.45) is 0. The minimum Gasteiger partial charge on any atom is -0.324 e. The van der Waals surface area contributed by atoms with Gasteiger partial charge in [0.2, 0.25) is 5.91 Å². The van der Waals surface area contributed by atoms with Crippen LogP contribution in [0.4, 0.5) is 16.2 Å². The maximum absolute atomic E-state index is 12.8. The van der Waals surface area contributed by atoms with Crippen LogP contribution in [0.15, 0.2) is 78.9 Å². The maximum atomic E-state index is 12.8. The molecule has 0 saturated carbocycles. The fourth-order valence-electron chi connectivity index (χ4n) is 3.64. The van der Waals surface area contributed by atoms with Gasteiger partial charge in [-0.25, -0.2) is 9.69 Å². The number of nitrogens with zero attached hydrogens (tertiary/aromatic N) is 2. The van der Waals surface area contributed by atoms with Crippen molar-refractivity contribution in [2.24, 2.45) is 0 Å². The van der Waals surface area contributed by atoms with Crippen LogP contribution in [0, 0.1) is 6.92 Å². The maximum Gasteiger partial charge on any atom is 0.335 e. The summed E-state index contributed by atoms with van der Waals surface area (Å²) in [5.41, 5.74) is 2.64. The van der Waals surface area contributed by atoms with Gasteiger partial charge in [0.05, 0.1) is 17.8 Å². The van der Waals surface area contributed by atoms with Gasteiger partial charge in [-0.2, -0.15) is 0 Å². The Morgan fingerprint density at radius 3 is 2.20 bits per heavy atom. The molecule has 4 rings (SSSR count). The normalized spacial score (nSPS) is 13.2. The fraction of sp³-hybridized carbons (Fsp3) is 0.115. The highest BCUT2D eigenvalue weighted by atomic mass is 16.2. The summed E-state index contributed by atoms with van der Waals surface area (Å²) >= 11 is 0. The molecule has 1 heterocycles. The minimum absolute atomic E-state index is 0.0790. The summed E-state index contributed by atoms with van der Waals surface area (Å²) in [7, 11) is 0. The summed E-state index contributed by atoms with van der Waals surface area (Å²) in [6, 6.07) is 21.5. The lowest BCUT2D eigenvalue weighted by Gasteiger charge is -2.16. The third-order valence-corrected chi connectivity index (χ3v) is 5.34. The highest BCUT2D eigenvalue weighted by Crippen LogP contribution is 2.20. The predicted octanol–water partition coefficient (Wildman–Crippen LogP) is 3.18. The van der Waals surface area contributed by atoms with Crippen molar-refractivity contribution < 1.29 is 24.0 Å². The predicted molar refractivity (Wildman–Crippen MR) is 128 cm³/mol. The molecule has 0 aromatic heterocycles. The molecule has 3 aromatic carbocycles. The van der Waals surface area contributed by atoms with Crippen LogP contribution in [0.1, 0.15) is 21.5 Å². The third-order valence-electron chi connectivity index (χ3n) is 5.34. The van der Waals surface area contributed by atoms with Crippen molar-refractivity contribution in [1.29, 1.82) is 0 Å². The van der Waals surface area contributed by atoms with Gasteiger partial charge in [-0.1, -0.05) is 54.6 Å². The SMILES string of the molecule is Cc1cccc(NC(=O)c2ccccc2NC(=O)CN2C(=O)C(=O)N(Cc3ccccc3)C2=O)c1. The molecule has 9 nitrogen and oxygen atoms in total. The molecule has 1 fully saturated rings. The van der Waals surface area contributed by atoms with Gasteiger partial charge < -0.3 is 10.6 Å². The number of para-hydroxylation sites is 1. The molecule has 2 N–H and O–H groups in total. The smallest absolute Gasteiger partial charge is 0.324 e. The molecule has 0 unspecified atom stereocenters. The van der Waals surface area contributed by atoms with Crippen molar-refractivity contribution in [1.82, 2.24) is 9.80 Å². The Morgan fingerprint density at radius 1 is 0.771 bits per heavy atom. The molecule has 176 valence electrons. The Kier molecular flexibility index (Phi) is 6.68.